The van der Waals surface area contributed by atoms with Gasteiger partial charge in [-0.2, -0.15) is 0 Å². The molecule has 2 nitrogen and oxygen atoms in total. The average molecular weight is 289 g/mol. The fourth-order valence-corrected chi connectivity index (χ4v) is 2.92. The molecule has 1 N–H and O–H groups in total. The van der Waals surface area contributed by atoms with Crippen LogP contribution in [0.2, 0.25) is 0 Å². The predicted octanol–water partition coefficient (Wildman–Crippen LogP) is 4.32. The lowest BCUT2D eigenvalue weighted by Gasteiger charge is -2.04. The Morgan fingerprint density at radius 3 is 2.70 bits per heavy atom. The van der Waals surface area contributed by atoms with E-state index in [0.717, 1.165) is 32.7 Å². The molecule has 1 heterocycles. The highest BCUT2D eigenvalue weighted by Gasteiger charge is 2.01. The van der Waals surface area contributed by atoms with Gasteiger partial charge in [-0.05, 0) is 24.1 Å². The zero-order valence-corrected chi connectivity index (χ0v) is 12.9. The van der Waals surface area contributed by atoms with E-state index in [0.29, 0.717) is 0 Å². The van der Waals surface area contributed by atoms with E-state index in [1.165, 1.54) is 21.7 Å². The highest BCUT2D eigenvalue weighted by molar-refractivity contribution is 7.15. The summed E-state index contributed by atoms with van der Waals surface area (Å²) in [7, 11) is 0. The second-order valence-corrected chi connectivity index (χ2v) is 5.94. The molecular weight excluding hydrogens is 266 g/mol. The van der Waals surface area contributed by atoms with E-state index in [1.807, 2.05) is 11.3 Å². The van der Waals surface area contributed by atoms with E-state index in [-0.39, 0.29) is 0 Å². The zero-order chi connectivity index (χ0) is 14.0. The van der Waals surface area contributed by atoms with Gasteiger partial charge >= 0.3 is 0 Å². The quantitative estimate of drug-likeness (QED) is 0.694. The highest BCUT2D eigenvalue weighted by atomic mass is 32.1. The summed E-state index contributed by atoms with van der Waals surface area (Å²) in [6.07, 6.45) is 2.36. The molecule has 2 rings (SSSR count). The van der Waals surface area contributed by atoms with Crippen LogP contribution >= 0.6 is 11.3 Å². The molecule has 0 saturated carbocycles. The summed E-state index contributed by atoms with van der Waals surface area (Å²) in [5.41, 5.74) is 1.30. The topological polar surface area (TPSA) is 21.3 Å². The van der Waals surface area contributed by atoms with Crippen LogP contribution in [0, 0.1) is 0 Å². The number of hydrogen-bond acceptors (Lipinski definition) is 3. The SMILES string of the molecule is CCCCOCCNCc1ccc(-c2ccccc2)s1. The lowest BCUT2D eigenvalue weighted by molar-refractivity contribution is 0.133. The van der Waals surface area contributed by atoms with E-state index in [1.54, 1.807) is 0 Å². The van der Waals surface area contributed by atoms with E-state index in [9.17, 15) is 0 Å². The second kappa shape index (κ2) is 8.90. The Labute approximate surface area is 125 Å². The lowest BCUT2D eigenvalue weighted by atomic mass is 10.2. The molecule has 0 bridgehead atoms. The number of thiophene rings is 1. The summed E-state index contributed by atoms with van der Waals surface area (Å²) in [6.45, 7) is 5.71. The van der Waals surface area contributed by atoms with Crippen molar-refractivity contribution in [1.29, 1.82) is 0 Å². The Hall–Kier alpha value is -1.16. The van der Waals surface area contributed by atoms with Gasteiger partial charge in [0.2, 0.25) is 0 Å². The first-order valence-corrected chi connectivity index (χ1v) is 8.14. The zero-order valence-electron chi connectivity index (χ0n) is 12.1. The molecule has 0 atom stereocenters. The number of nitrogens with one attached hydrogen (secondary N) is 1. The first-order valence-electron chi connectivity index (χ1n) is 7.32. The number of unbranched alkanes of at least 4 members (excludes halogenated alkanes) is 1. The van der Waals surface area contributed by atoms with Gasteiger partial charge in [0.25, 0.3) is 0 Å². The first kappa shape index (κ1) is 15.2. The van der Waals surface area contributed by atoms with Gasteiger partial charge in [0.1, 0.15) is 0 Å². The van der Waals surface area contributed by atoms with Gasteiger partial charge in [0, 0.05) is 29.5 Å². The molecule has 108 valence electrons. The summed E-state index contributed by atoms with van der Waals surface area (Å²) >= 11 is 1.85. The van der Waals surface area contributed by atoms with Crippen molar-refractivity contribution in [3.8, 4) is 10.4 Å². The third kappa shape index (κ3) is 5.08. The van der Waals surface area contributed by atoms with Crippen molar-refractivity contribution >= 4 is 11.3 Å². The average Bonchev–Trinajstić information content (AvgIpc) is 2.96. The van der Waals surface area contributed by atoms with Gasteiger partial charge in [0.05, 0.1) is 6.61 Å². The molecule has 2 aromatic rings. The summed E-state index contributed by atoms with van der Waals surface area (Å²) in [5, 5.41) is 3.43. The van der Waals surface area contributed by atoms with E-state index < -0.39 is 0 Å². The molecule has 1 aromatic carbocycles. The normalized spacial score (nSPS) is 10.8. The molecule has 0 unspecified atom stereocenters. The Morgan fingerprint density at radius 1 is 1.05 bits per heavy atom. The number of rotatable bonds is 9. The van der Waals surface area contributed by atoms with Crippen LogP contribution in [0.1, 0.15) is 24.6 Å². The van der Waals surface area contributed by atoms with Gasteiger partial charge in [-0.1, -0.05) is 43.7 Å². The van der Waals surface area contributed by atoms with Crippen LogP contribution in [-0.2, 0) is 11.3 Å². The molecule has 0 aliphatic rings. The molecule has 0 saturated heterocycles. The van der Waals surface area contributed by atoms with E-state index >= 15 is 0 Å². The van der Waals surface area contributed by atoms with Crippen LogP contribution in [0.5, 0.6) is 0 Å². The number of benzene rings is 1. The van der Waals surface area contributed by atoms with Gasteiger partial charge < -0.3 is 10.1 Å². The Bertz CT molecular complexity index is 481. The fourth-order valence-electron chi connectivity index (χ4n) is 1.93. The Kier molecular flexibility index (Phi) is 6.78. The third-order valence-corrected chi connectivity index (χ3v) is 4.22. The molecule has 3 heteroatoms. The van der Waals surface area contributed by atoms with Crippen molar-refractivity contribution in [2.45, 2.75) is 26.3 Å². The minimum atomic E-state index is 0.802. The standard InChI is InChI=1S/C17H23NOS/c1-2-3-12-19-13-11-18-14-16-9-10-17(20-16)15-7-5-4-6-8-15/h4-10,18H,2-3,11-14H2,1H3. The van der Waals surface area contributed by atoms with Gasteiger partial charge in [0.15, 0.2) is 0 Å². The molecule has 1 aromatic heterocycles. The van der Waals surface area contributed by atoms with Crippen LogP contribution in [0.25, 0.3) is 10.4 Å². The van der Waals surface area contributed by atoms with E-state index in [4.69, 9.17) is 4.74 Å². The predicted molar refractivity (Wildman–Crippen MR) is 87.2 cm³/mol. The Morgan fingerprint density at radius 2 is 1.90 bits per heavy atom. The van der Waals surface area contributed by atoms with Crippen molar-refractivity contribution in [2.75, 3.05) is 19.8 Å². The number of ether oxygens (including phenoxy) is 1. The summed E-state index contributed by atoms with van der Waals surface area (Å²) in [4.78, 5) is 2.71. The largest absolute Gasteiger partial charge is 0.380 e. The van der Waals surface area contributed by atoms with Crippen LogP contribution in [-0.4, -0.2) is 19.8 Å². The van der Waals surface area contributed by atoms with Crippen molar-refractivity contribution in [3.63, 3.8) is 0 Å². The minimum Gasteiger partial charge on any atom is -0.380 e. The molecule has 0 amide bonds. The first-order chi connectivity index (χ1) is 9.90. The molecular formula is C17H23NOS. The lowest BCUT2D eigenvalue weighted by Crippen LogP contribution is -2.18. The molecule has 0 spiro atoms. The van der Waals surface area contributed by atoms with Gasteiger partial charge in [-0.25, -0.2) is 0 Å². The van der Waals surface area contributed by atoms with Crippen LogP contribution < -0.4 is 5.32 Å². The maximum atomic E-state index is 5.53. The fraction of sp³-hybridized carbons (Fsp3) is 0.412. The van der Waals surface area contributed by atoms with Crippen LogP contribution in [0.4, 0.5) is 0 Å². The highest BCUT2D eigenvalue weighted by Crippen LogP contribution is 2.27. The summed E-state index contributed by atoms with van der Waals surface area (Å²) in [6, 6.07) is 14.9. The van der Waals surface area contributed by atoms with Crippen LogP contribution in [0.3, 0.4) is 0 Å². The smallest absolute Gasteiger partial charge is 0.0591 e. The van der Waals surface area contributed by atoms with E-state index in [2.05, 4.69) is 54.7 Å². The third-order valence-electron chi connectivity index (χ3n) is 3.08. The molecule has 20 heavy (non-hydrogen) atoms. The minimum absolute atomic E-state index is 0.802. The monoisotopic (exact) mass is 289 g/mol. The van der Waals surface area contributed by atoms with Crippen molar-refractivity contribution in [2.24, 2.45) is 0 Å². The molecule has 0 aliphatic heterocycles. The Balaban J connectivity index is 1.69. The number of hydrogen-bond donors (Lipinski definition) is 1. The van der Waals surface area contributed by atoms with Crippen molar-refractivity contribution in [1.82, 2.24) is 5.32 Å². The van der Waals surface area contributed by atoms with Crippen LogP contribution in [0.15, 0.2) is 42.5 Å². The summed E-state index contributed by atoms with van der Waals surface area (Å²) < 4.78 is 5.53. The maximum Gasteiger partial charge on any atom is 0.0591 e. The molecule has 0 aliphatic carbocycles. The van der Waals surface area contributed by atoms with Gasteiger partial charge in [-0.15, -0.1) is 11.3 Å². The molecule has 0 fully saturated rings. The van der Waals surface area contributed by atoms with Crippen molar-refractivity contribution < 1.29 is 4.74 Å². The van der Waals surface area contributed by atoms with Gasteiger partial charge in [-0.3, -0.25) is 0 Å². The molecule has 0 radical (unpaired) electrons. The second-order valence-electron chi connectivity index (χ2n) is 4.77. The summed E-state index contributed by atoms with van der Waals surface area (Å²) in [5.74, 6) is 0. The maximum absolute atomic E-state index is 5.53. The van der Waals surface area contributed by atoms with Crippen molar-refractivity contribution in [3.05, 3.63) is 47.3 Å².